The number of ether oxygens (including phenoxy) is 3. The van der Waals surface area contributed by atoms with Crippen LogP contribution in [0.1, 0.15) is 16.8 Å². The second-order valence-corrected chi connectivity index (χ2v) is 5.63. The van der Waals surface area contributed by atoms with Gasteiger partial charge in [-0.3, -0.25) is 9.59 Å². The molecule has 0 saturated carbocycles. The maximum absolute atomic E-state index is 12.1. The number of rotatable bonds is 8. The summed E-state index contributed by atoms with van der Waals surface area (Å²) in [5, 5.41) is 3.11. The van der Waals surface area contributed by atoms with Gasteiger partial charge >= 0.3 is 0 Å². The Kier molecular flexibility index (Phi) is 6.68. The van der Waals surface area contributed by atoms with Gasteiger partial charge in [0.1, 0.15) is 17.2 Å². The van der Waals surface area contributed by atoms with E-state index in [2.05, 4.69) is 5.32 Å². The fourth-order valence-electron chi connectivity index (χ4n) is 2.15. The third kappa shape index (κ3) is 5.03. The number of halogens is 1. The molecule has 0 atom stereocenters. The van der Waals surface area contributed by atoms with E-state index in [1.165, 1.54) is 14.2 Å². The monoisotopic (exact) mass is 378 g/mol. The summed E-state index contributed by atoms with van der Waals surface area (Å²) >= 11 is 6.03. The van der Waals surface area contributed by atoms with Gasteiger partial charge in [0, 0.05) is 17.7 Å². The normalized spacial score (nSPS) is 10.1. The van der Waals surface area contributed by atoms with E-state index in [0.717, 1.165) is 0 Å². The predicted molar refractivity (Wildman–Crippen MR) is 98.3 cm³/mol. The van der Waals surface area contributed by atoms with E-state index in [9.17, 15) is 9.59 Å². The SMILES string of the molecule is COc1cc(NC(=O)CCOc2ccc(C(N)=O)cc2)c(OC)cc1Cl. The van der Waals surface area contributed by atoms with Crippen molar-refractivity contribution in [2.45, 2.75) is 6.42 Å². The maximum Gasteiger partial charge on any atom is 0.248 e. The average Bonchev–Trinajstić information content (AvgIpc) is 2.63. The van der Waals surface area contributed by atoms with Gasteiger partial charge in [-0.25, -0.2) is 0 Å². The van der Waals surface area contributed by atoms with Crippen LogP contribution in [0.3, 0.4) is 0 Å². The van der Waals surface area contributed by atoms with Crippen molar-refractivity contribution >= 4 is 29.1 Å². The van der Waals surface area contributed by atoms with E-state index in [1.807, 2.05) is 0 Å². The number of nitrogens with one attached hydrogen (secondary N) is 1. The van der Waals surface area contributed by atoms with Crippen molar-refractivity contribution in [1.82, 2.24) is 0 Å². The second kappa shape index (κ2) is 8.96. The Morgan fingerprint density at radius 1 is 1.08 bits per heavy atom. The van der Waals surface area contributed by atoms with E-state index in [0.29, 0.717) is 33.5 Å². The lowest BCUT2D eigenvalue weighted by Gasteiger charge is -2.13. The fourth-order valence-corrected chi connectivity index (χ4v) is 2.38. The molecule has 2 amide bonds. The van der Waals surface area contributed by atoms with Gasteiger partial charge < -0.3 is 25.3 Å². The summed E-state index contributed by atoms with van der Waals surface area (Å²) in [5.74, 6) is 0.610. The van der Waals surface area contributed by atoms with Gasteiger partial charge in [-0.2, -0.15) is 0 Å². The van der Waals surface area contributed by atoms with E-state index in [4.69, 9.17) is 31.5 Å². The first-order valence-corrected chi connectivity index (χ1v) is 8.06. The van der Waals surface area contributed by atoms with Gasteiger partial charge in [0.05, 0.1) is 38.0 Å². The number of amides is 2. The number of hydrogen-bond donors (Lipinski definition) is 2. The lowest BCUT2D eigenvalue weighted by Crippen LogP contribution is -2.16. The highest BCUT2D eigenvalue weighted by atomic mass is 35.5. The molecule has 0 bridgehead atoms. The van der Waals surface area contributed by atoms with Crippen LogP contribution in [-0.4, -0.2) is 32.6 Å². The van der Waals surface area contributed by atoms with Crippen molar-refractivity contribution in [3.05, 3.63) is 47.0 Å². The molecule has 3 N–H and O–H groups in total. The first kappa shape index (κ1) is 19.4. The topological polar surface area (TPSA) is 99.9 Å². The van der Waals surface area contributed by atoms with E-state index < -0.39 is 5.91 Å². The van der Waals surface area contributed by atoms with Crippen molar-refractivity contribution < 1.29 is 23.8 Å². The van der Waals surface area contributed by atoms with Crippen LogP contribution in [0.4, 0.5) is 5.69 Å². The van der Waals surface area contributed by atoms with Gasteiger partial charge in [-0.1, -0.05) is 11.6 Å². The Morgan fingerprint density at radius 3 is 2.31 bits per heavy atom. The minimum atomic E-state index is -0.511. The highest BCUT2D eigenvalue weighted by molar-refractivity contribution is 6.32. The van der Waals surface area contributed by atoms with Crippen LogP contribution >= 0.6 is 11.6 Å². The molecule has 2 aromatic carbocycles. The number of benzene rings is 2. The van der Waals surface area contributed by atoms with Crippen LogP contribution in [0.15, 0.2) is 36.4 Å². The van der Waals surface area contributed by atoms with E-state index in [1.54, 1.807) is 36.4 Å². The van der Waals surface area contributed by atoms with Gasteiger partial charge in [0.25, 0.3) is 0 Å². The molecule has 0 radical (unpaired) electrons. The smallest absolute Gasteiger partial charge is 0.248 e. The Hall–Kier alpha value is -2.93. The van der Waals surface area contributed by atoms with Gasteiger partial charge in [-0.05, 0) is 24.3 Å². The Labute approximate surface area is 156 Å². The first-order chi connectivity index (χ1) is 12.4. The molecule has 0 saturated heterocycles. The van der Waals surface area contributed by atoms with Crippen LogP contribution in [0.25, 0.3) is 0 Å². The molecule has 0 aliphatic carbocycles. The van der Waals surface area contributed by atoms with Crippen LogP contribution in [0, 0.1) is 0 Å². The zero-order valence-electron chi connectivity index (χ0n) is 14.4. The summed E-state index contributed by atoms with van der Waals surface area (Å²) in [6.07, 6.45) is 0.117. The molecule has 0 unspecified atom stereocenters. The summed E-state index contributed by atoms with van der Waals surface area (Å²) in [6, 6.07) is 9.50. The largest absolute Gasteiger partial charge is 0.495 e. The number of anilines is 1. The van der Waals surface area contributed by atoms with Crippen molar-refractivity contribution in [2.75, 3.05) is 26.1 Å². The zero-order chi connectivity index (χ0) is 19.1. The molecule has 7 nitrogen and oxygen atoms in total. The average molecular weight is 379 g/mol. The number of methoxy groups -OCH3 is 2. The molecule has 0 fully saturated rings. The molecule has 0 aliphatic rings. The highest BCUT2D eigenvalue weighted by Gasteiger charge is 2.12. The predicted octanol–water partition coefficient (Wildman–Crippen LogP) is 2.86. The van der Waals surface area contributed by atoms with Crippen molar-refractivity contribution in [3.8, 4) is 17.2 Å². The van der Waals surface area contributed by atoms with Crippen molar-refractivity contribution in [1.29, 1.82) is 0 Å². The third-order valence-corrected chi connectivity index (χ3v) is 3.78. The van der Waals surface area contributed by atoms with Crippen LogP contribution in [0.2, 0.25) is 5.02 Å². The summed E-state index contributed by atoms with van der Waals surface area (Å²) < 4.78 is 15.8. The molecule has 0 aromatic heterocycles. The molecule has 2 rings (SSSR count). The van der Waals surface area contributed by atoms with Gasteiger partial charge in [-0.15, -0.1) is 0 Å². The van der Waals surface area contributed by atoms with Crippen molar-refractivity contribution in [3.63, 3.8) is 0 Å². The molecule has 0 heterocycles. The number of primary amides is 1. The molecule has 26 heavy (non-hydrogen) atoms. The highest BCUT2D eigenvalue weighted by Crippen LogP contribution is 2.35. The minimum absolute atomic E-state index is 0.117. The van der Waals surface area contributed by atoms with Crippen LogP contribution in [-0.2, 0) is 4.79 Å². The summed E-state index contributed by atoms with van der Waals surface area (Å²) in [7, 11) is 2.96. The lowest BCUT2D eigenvalue weighted by atomic mass is 10.2. The number of carbonyl (C=O) groups excluding carboxylic acids is 2. The Morgan fingerprint density at radius 2 is 1.73 bits per heavy atom. The Balaban J connectivity index is 1.91. The standard InChI is InChI=1S/C18H19ClN2O5/c1-24-15-10-14(16(25-2)9-13(15)19)21-17(22)7-8-26-12-5-3-11(4-6-12)18(20)23/h3-6,9-10H,7-8H2,1-2H3,(H2,20,23)(H,21,22). The van der Waals surface area contributed by atoms with Crippen LogP contribution < -0.4 is 25.3 Å². The maximum atomic E-state index is 12.1. The van der Waals surface area contributed by atoms with Crippen LogP contribution in [0.5, 0.6) is 17.2 Å². The molecule has 0 aliphatic heterocycles. The molecular weight excluding hydrogens is 360 g/mol. The third-order valence-electron chi connectivity index (χ3n) is 3.48. The van der Waals surface area contributed by atoms with E-state index in [-0.39, 0.29) is 18.9 Å². The first-order valence-electron chi connectivity index (χ1n) is 7.68. The zero-order valence-corrected chi connectivity index (χ0v) is 15.1. The molecule has 8 heteroatoms. The quantitative estimate of drug-likeness (QED) is 0.735. The fraction of sp³-hybridized carbons (Fsp3) is 0.222. The summed E-state index contributed by atoms with van der Waals surface area (Å²) in [6.45, 7) is 0.161. The molecular formula is C18H19ClN2O5. The number of nitrogens with two attached hydrogens (primary N) is 1. The van der Waals surface area contributed by atoms with Gasteiger partial charge in [0.2, 0.25) is 11.8 Å². The van der Waals surface area contributed by atoms with Crippen molar-refractivity contribution in [2.24, 2.45) is 5.73 Å². The summed E-state index contributed by atoms with van der Waals surface area (Å²) in [4.78, 5) is 23.1. The van der Waals surface area contributed by atoms with Gasteiger partial charge in [0.15, 0.2) is 0 Å². The molecule has 0 spiro atoms. The molecule has 2 aromatic rings. The lowest BCUT2D eigenvalue weighted by molar-refractivity contribution is -0.116. The number of carbonyl (C=O) groups is 2. The minimum Gasteiger partial charge on any atom is -0.495 e. The summed E-state index contributed by atoms with van der Waals surface area (Å²) in [5.41, 5.74) is 6.01. The second-order valence-electron chi connectivity index (χ2n) is 5.22. The molecule has 138 valence electrons. The van der Waals surface area contributed by atoms with E-state index >= 15 is 0 Å². The Bertz CT molecular complexity index is 793. The number of hydrogen-bond acceptors (Lipinski definition) is 5.